The largest absolute Gasteiger partial charge is 0.388 e. The molecule has 0 aromatic heterocycles. The summed E-state index contributed by atoms with van der Waals surface area (Å²) in [4.78, 5) is 28.9. The van der Waals surface area contributed by atoms with E-state index < -0.39 is 6.61 Å². The second kappa shape index (κ2) is 9.33. The summed E-state index contributed by atoms with van der Waals surface area (Å²) in [5.41, 5.74) is 3.91. The van der Waals surface area contributed by atoms with E-state index in [1.54, 1.807) is 12.1 Å². The van der Waals surface area contributed by atoms with Gasteiger partial charge in [-0.3, -0.25) is 14.5 Å². The molecule has 5 nitrogen and oxygen atoms in total. The van der Waals surface area contributed by atoms with E-state index in [-0.39, 0.29) is 23.8 Å². The standard InChI is InChI=1S/C24H30N2O3/c1-17-6-4-5-7-22(17)12-24(29)26-18(2)13-25(14-19(26)3)15-20-8-10-21(11-9-20)23(28)16-27/h4-11,18-19,27H,12-16H2,1-3H3/t18-,19+. The monoisotopic (exact) mass is 394 g/mol. The molecule has 0 unspecified atom stereocenters. The van der Waals surface area contributed by atoms with Gasteiger partial charge in [0.05, 0.1) is 6.42 Å². The lowest BCUT2D eigenvalue weighted by Gasteiger charge is -2.44. The Labute approximate surface area is 172 Å². The summed E-state index contributed by atoms with van der Waals surface area (Å²) < 4.78 is 0. The molecule has 0 spiro atoms. The van der Waals surface area contributed by atoms with Crippen LogP contribution in [-0.2, 0) is 17.8 Å². The molecule has 0 aliphatic carbocycles. The molecule has 3 rings (SSSR count). The van der Waals surface area contributed by atoms with E-state index in [1.165, 1.54) is 0 Å². The number of rotatable bonds is 6. The van der Waals surface area contributed by atoms with Crippen molar-refractivity contribution in [3.63, 3.8) is 0 Å². The summed E-state index contributed by atoms with van der Waals surface area (Å²) in [6.45, 7) is 8.23. The van der Waals surface area contributed by atoms with Crippen LogP contribution >= 0.6 is 0 Å². The Morgan fingerprint density at radius 1 is 1.00 bits per heavy atom. The van der Waals surface area contributed by atoms with Crippen molar-refractivity contribution < 1.29 is 14.7 Å². The normalized spacial score (nSPS) is 19.9. The van der Waals surface area contributed by atoms with Gasteiger partial charge in [-0.15, -0.1) is 0 Å². The van der Waals surface area contributed by atoms with E-state index >= 15 is 0 Å². The Balaban J connectivity index is 1.61. The summed E-state index contributed by atoms with van der Waals surface area (Å²) in [5, 5.41) is 8.96. The molecular weight excluding hydrogens is 364 g/mol. The predicted molar refractivity (Wildman–Crippen MR) is 114 cm³/mol. The number of aliphatic hydroxyl groups excluding tert-OH is 1. The number of ketones is 1. The van der Waals surface area contributed by atoms with E-state index in [1.807, 2.05) is 48.2 Å². The zero-order valence-corrected chi connectivity index (χ0v) is 17.5. The Morgan fingerprint density at radius 3 is 2.21 bits per heavy atom. The molecule has 1 saturated heterocycles. The van der Waals surface area contributed by atoms with Crippen molar-refractivity contribution >= 4 is 11.7 Å². The van der Waals surface area contributed by atoms with Gasteiger partial charge in [-0.25, -0.2) is 0 Å². The Hall–Kier alpha value is -2.50. The van der Waals surface area contributed by atoms with E-state index in [9.17, 15) is 9.59 Å². The average molecular weight is 395 g/mol. The third-order valence-electron chi connectivity index (χ3n) is 5.71. The lowest BCUT2D eigenvalue weighted by atomic mass is 10.0. The number of aryl methyl sites for hydroxylation is 1. The fourth-order valence-corrected chi connectivity index (χ4v) is 4.26. The zero-order valence-electron chi connectivity index (χ0n) is 17.5. The van der Waals surface area contributed by atoms with Crippen LogP contribution in [0.5, 0.6) is 0 Å². The smallest absolute Gasteiger partial charge is 0.227 e. The van der Waals surface area contributed by atoms with Crippen LogP contribution in [0.1, 0.15) is 40.9 Å². The number of amides is 1. The van der Waals surface area contributed by atoms with Crippen LogP contribution in [0.3, 0.4) is 0 Å². The van der Waals surface area contributed by atoms with Crippen molar-refractivity contribution in [3.05, 3.63) is 70.8 Å². The molecule has 1 aliphatic heterocycles. The Kier molecular flexibility index (Phi) is 6.83. The highest BCUT2D eigenvalue weighted by atomic mass is 16.3. The molecule has 154 valence electrons. The van der Waals surface area contributed by atoms with Gasteiger partial charge < -0.3 is 10.0 Å². The first-order valence-electron chi connectivity index (χ1n) is 10.2. The van der Waals surface area contributed by atoms with E-state index in [4.69, 9.17) is 5.11 Å². The number of nitrogens with zero attached hydrogens (tertiary/aromatic N) is 2. The van der Waals surface area contributed by atoms with Gasteiger partial charge in [-0.05, 0) is 37.5 Å². The van der Waals surface area contributed by atoms with Gasteiger partial charge >= 0.3 is 0 Å². The highest BCUT2D eigenvalue weighted by Crippen LogP contribution is 2.20. The van der Waals surface area contributed by atoms with Crippen molar-refractivity contribution in [1.82, 2.24) is 9.80 Å². The molecule has 29 heavy (non-hydrogen) atoms. The Morgan fingerprint density at radius 2 is 1.62 bits per heavy atom. The maximum atomic E-state index is 13.0. The SMILES string of the molecule is Cc1ccccc1CC(=O)N1[C@H](C)CN(Cc2ccc(C(=O)CO)cc2)C[C@@H]1C. The lowest BCUT2D eigenvalue weighted by molar-refractivity contribution is -0.138. The number of carbonyl (C=O) groups is 2. The number of hydrogen-bond acceptors (Lipinski definition) is 4. The van der Waals surface area contributed by atoms with Gasteiger partial charge in [0.25, 0.3) is 0 Å². The summed E-state index contributed by atoms with van der Waals surface area (Å²) in [5.74, 6) is -0.0783. The first-order chi connectivity index (χ1) is 13.9. The number of carbonyl (C=O) groups excluding carboxylic acids is 2. The maximum absolute atomic E-state index is 13.0. The van der Waals surface area contributed by atoms with Crippen molar-refractivity contribution in [2.24, 2.45) is 0 Å². The molecule has 0 radical (unpaired) electrons. The van der Waals surface area contributed by atoms with Gasteiger partial charge in [0.2, 0.25) is 5.91 Å². The van der Waals surface area contributed by atoms with Crippen molar-refractivity contribution in [3.8, 4) is 0 Å². The minimum Gasteiger partial charge on any atom is -0.388 e. The minimum atomic E-state index is -0.465. The minimum absolute atomic E-state index is 0.144. The molecule has 1 amide bonds. The molecular formula is C24H30N2O3. The molecule has 1 fully saturated rings. The average Bonchev–Trinajstić information content (AvgIpc) is 2.69. The highest BCUT2D eigenvalue weighted by Gasteiger charge is 2.32. The van der Waals surface area contributed by atoms with Crippen LogP contribution in [0.2, 0.25) is 0 Å². The number of hydrogen-bond donors (Lipinski definition) is 1. The molecule has 1 heterocycles. The molecule has 1 N–H and O–H groups in total. The fraction of sp³-hybridized carbons (Fsp3) is 0.417. The van der Waals surface area contributed by atoms with Crippen LogP contribution in [0, 0.1) is 6.92 Å². The molecule has 1 aliphatic rings. The number of benzene rings is 2. The lowest BCUT2D eigenvalue weighted by Crippen LogP contribution is -2.58. The molecule has 2 aromatic carbocycles. The third kappa shape index (κ3) is 5.11. The highest BCUT2D eigenvalue weighted by molar-refractivity contribution is 5.96. The van der Waals surface area contributed by atoms with Gasteiger partial charge in [-0.1, -0.05) is 48.5 Å². The van der Waals surface area contributed by atoms with Crippen LogP contribution in [0.4, 0.5) is 0 Å². The predicted octanol–water partition coefficient (Wildman–Crippen LogP) is 2.83. The number of piperazine rings is 1. The Bertz CT molecular complexity index is 851. The zero-order chi connectivity index (χ0) is 21.0. The quantitative estimate of drug-likeness (QED) is 0.766. The van der Waals surface area contributed by atoms with Crippen LogP contribution < -0.4 is 0 Å². The molecule has 2 aromatic rings. The summed E-state index contributed by atoms with van der Waals surface area (Å²) >= 11 is 0. The molecule has 0 bridgehead atoms. The van der Waals surface area contributed by atoms with Gasteiger partial charge in [0, 0.05) is 37.3 Å². The second-order valence-electron chi connectivity index (χ2n) is 8.07. The van der Waals surface area contributed by atoms with Crippen LogP contribution in [-0.4, -0.2) is 58.4 Å². The van der Waals surface area contributed by atoms with E-state index in [2.05, 4.69) is 18.7 Å². The van der Waals surface area contributed by atoms with E-state index in [0.29, 0.717) is 12.0 Å². The van der Waals surface area contributed by atoms with Crippen molar-refractivity contribution in [1.29, 1.82) is 0 Å². The summed E-state index contributed by atoms with van der Waals surface area (Å²) in [6, 6.07) is 15.8. The maximum Gasteiger partial charge on any atom is 0.227 e. The second-order valence-corrected chi connectivity index (χ2v) is 8.07. The number of Topliss-reactive ketones (excluding diaryl/α,β-unsaturated/α-hetero) is 1. The number of aliphatic hydroxyl groups is 1. The molecule has 2 atom stereocenters. The summed E-state index contributed by atoms with van der Waals surface area (Å²) in [7, 11) is 0. The first-order valence-corrected chi connectivity index (χ1v) is 10.2. The van der Waals surface area contributed by atoms with E-state index in [0.717, 1.165) is 36.3 Å². The molecule has 5 heteroatoms. The topological polar surface area (TPSA) is 60.9 Å². The summed E-state index contributed by atoms with van der Waals surface area (Å²) in [6.07, 6.45) is 0.446. The van der Waals surface area contributed by atoms with Crippen LogP contribution in [0.25, 0.3) is 0 Å². The first kappa shape index (κ1) is 21.2. The third-order valence-corrected chi connectivity index (χ3v) is 5.71. The van der Waals surface area contributed by atoms with Gasteiger partial charge in [0.15, 0.2) is 5.78 Å². The van der Waals surface area contributed by atoms with Gasteiger partial charge in [0.1, 0.15) is 6.61 Å². The fourth-order valence-electron chi connectivity index (χ4n) is 4.26. The van der Waals surface area contributed by atoms with Crippen LogP contribution in [0.15, 0.2) is 48.5 Å². The van der Waals surface area contributed by atoms with Gasteiger partial charge in [-0.2, -0.15) is 0 Å². The van der Waals surface area contributed by atoms with Crippen molar-refractivity contribution in [2.45, 2.75) is 45.8 Å². The van der Waals surface area contributed by atoms with Crippen molar-refractivity contribution in [2.75, 3.05) is 19.7 Å². The molecule has 0 saturated carbocycles.